The Bertz CT molecular complexity index is 1930. The van der Waals surface area contributed by atoms with Crippen molar-refractivity contribution in [3.63, 3.8) is 0 Å². The van der Waals surface area contributed by atoms with Gasteiger partial charge in [-0.25, -0.2) is 14.8 Å². The van der Waals surface area contributed by atoms with E-state index in [4.69, 9.17) is 14.2 Å². The van der Waals surface area contributed by atoms with E-state index >= 15 is 0 Å². The zero-order valence-corrected chi connectivity index (χ0v) is 28.7. The molecule has 3 amide bonds. The van der Waals surface area contributed by atoms with Crippen LogP contribution in [0.4, 0.5) is 10.5 Å². The molecule has 0 saturated carbocycles. The molecule has 262 valence electrons. The Morgan fingerprint density at radius 2 is 1.80 bits per heavy atom. The van der Waals surface area contributed by atoms with E-state index in [1.165, 1.54) is 49.8 Å². The first kappa shape index (κ1) is 33.7. The minimum atomic E-state index is -4.64. The maximum Gasteiger partial charge on any atom is 0.318 e. The predicted octanol–water partition coefficient (Wildman–Crippen LogP) is 1.39. The van der Waals surface area contributed by atoms with Gasteiger partial charge in [0.25, 0.3) is 15.9 Å². The smallest absolute Gasteiger partial charge is 0.318 e. The largest absolute Gasteiger partial charge is 0.495 e. The van der Waals surface area contributed by atoms with Crippen LogP contribution >= 0.6 is 0 Å². The van der Waals surface area contributed by atoms with E-state index in [2.05, 4.69) is 31.2 Å². The van der Waals surface area contributed by atoms with Crippen LogP contribution in [0.25, 0.3) is 0 Å². The molecular formula is C34H38N8O7S. The van der Waals surface area contributed by atoms with Crippen LogP contribution < -0.4 is 19.1 Å². The van der Waals surface area contributed by atoms with Gasteiger partial charge in [0.05, 0.1) is 56.0 Å². The SMILES string of the molecule is CCOc1ncccc1[C@]1(NC(=O)N2CC3(CN(CCN4CCOCC4)C3)C2)C(=O)N(S(=O)(=O)c2ccc(OC)cn2)c2ccc(C#N)cc21. The number of hydrogen-bond donors (Lipinski definition) is 1. The fourth-order valence-corrected chi connectivity index (χ4v) is 8.71. The summed E-state index contributed by atoms with van der Waals surface area (Å²) >= 11 is 0. The molecule has 15 nitrogen and oxygen atoms in total. The van der Waals surface area contributed by atoms with Gasteiger partial charge < -0.3 is 29.3 Å². The summed E-state index contributed by atoms with van der Waals surface area (Å²) in [5.41, 5.74) is -1.81. The van der Waals surface area contributed by atoms with Gasteiger partial charge in [-0.05, 0) is 49.4 Å². The van der Waals surface area contributed by atoms with Crippen molar-refractivity contribution in [1.29, 1.82) is 5.26 Å². The number of benzene rings is 1. The van der Waals surface area contributed by atoms with Gasteiger partial charge in [0.1, 0.15) is 5.75 Å². The summed E-state index contributed by atoms with van der Waals surface area (Å²) in [4.78, 5) is 44.0. The third-order valence-corrected chi connectivity index (χ3v) is 11.4. The Balaban J connectivity index is 1.21. The lowest BCUT2D eigenvalue weighted by molar-refractivity contribution is -0.122. The molecule has 3 fully saturated rings. The molecule has 0 aliphatic carbocycles. The molecule has 16 heteroatoms. The number of aromatic nitrogens is 2. The number of fused-ring (bicyclic) bond motifs is 1. The molecule has 7 rings (SSSR count). The molecule has 50 heavy (non-hydrogen) atoms. The fourth-order valence-electron chi connectivity index (χ4n) is 7.32. The summed E-state index contributed by atoms with van der Waals surface area (Å²) in [7, 11) is -3.22. The molecule has 2 aromatic heterocycles. The van der Waals surface area contributed by atoms with E-state index in [0.717, 1.165) is 52.5 Å². The van der Waals surface area contributed by atoms with Crippen LogP contribution in [0.2, 0.25) is 0 Å². The van der Waals surface area contributed by atoms with E-state index in [1.807, 2.05) is 0 Å². The first-order chi connectivity index (χ1) is 24.1. The first-order valence-electron chi connectivity index (χ1n) is 16.5. The molecule has 0 radical (unpaired) electrons. The molecule has 3 aromatic rings. The maximum atomic E-state index is 15.0. The summed E-state index contributed by atoms with van der Waals surface area (Å²) in [5, 5.41) is 12.4. The molecule has 1 aromatic carbocycles. The molecular weight excluding hydrogens is 664 g/mol. The fraction of sp³-hybridized carbons (Fsp3) is 0.441. The van der Waals surface area contributed by atoms with Gasteiger partial charge in [0, 0.05) is 69.5 Å². The normalized spacial score (nSPS) is 21.6. The zero-order valence-electron chi connectivity index (χ0n) is 27.9. The second-order valence-electron chi connectivity index (χ2n) is 12.9. The highest BCUT2D eigenvalue weighted by molar-refractivity contribution is 7.93. The number of methoxy groups -OCH3 is 1. The molecule has 0 unspecified atom stereocenters. The first-order valence-corrected chi connectivity index (χ1v) is 17.9. The highest BCUT2D eigenvalue weighted by Gasteiger charge is 2.61. The number of carbonyl (C=O) groups is 2. The van der Waals surface area contributed by atoms with Crippen LogP contribution in [-0.4, -0.2) is 124 Å². The van der Waals surface area contributed by atoms with Crippen molar-refractivity contribution in [2.75, 3.05) is 83.6 Å². The van der Waals surface area contributed by atoms with Gasteiger partial charge in [0.2, 0.25) is 5.88 Å². The Kier molecular flexibility index (Phi) is 8.85. The number of nitrogens with one attached hydrogen (secondary N) is 1. The lowest BCUT2D eigenvalue weighted by Crippen LogP contribution is -2.74. The number of urea groups is 1. The second kappa shape index (κ2) is 13.1. The number of likely N-dealkylation sites (tertiary alicyclic amines) is 2. The average molecular weight is 703 g/mol. The number of rotatable bonds is 10. The Morgan fingerprint density at radius 1 is 1.04 bits per heavy atom. The maximum absolute atomic E-state index is 15.0. The Labute approximate surface area is 290 Å². The minimum Gasteiger partial charge on any atom is -0.495 e. The van der Waals surface area contributed by atoms with Crippen LogP contribution in [0.3, 0.4) is 0 Å². The van der Waals surface area contributed by atoms with Crippen molar-refractivity contribution >= 4 is 27.6 Å². The number of carbonyl (C=O) groups excluding carboxylic acids is 2. The summed E-state index contributed by atoms with van der Waals surface area (Å²) in [6, 6.07) is 11.5. The van der Waals surface area contributed by atoms with Crippen molar-refractivity contribution < 1.29 is 32.2 Å². The van der Waals surface area contributed by atoms with E-state index in [9.17, 15) is 23.3 Å². The van der Waals surface area contributed by atoms with Gasteiger partial charge in [-0.3, -0.25) is 9.69 Å². The summed E-state index contributed by atoms with van der Waals surface area (Å²) in [6.45, 7) is 9.90. The molecule has 0 bridgehead atoms. The van der Waals surface area contributed by atoms with Crippen LogP contribution in [0.5, 0.6) is 11.6 Å². The van der Waals surface area contributed by atoms with E-state index in [-0.39, 0.29) is 40.3 Å². The van der Waals surface area contributed by atoms with E-state index < -0.39 is 32.5 Å². The Hall–Kier alpha value is -4.82. The van der Waals surface area contributed by atoms with Crippen molar-refractivity contribution in [2.24, 2.45) is 5.41 Å². The van der Waals surface area contributed by atoms with Crippen molar-refractivity contribution in [1.82, 2.24) is 30.0 Å². The summed E-state index contributed by atoms with van der Waals surface area (Å²) < 4.78 is 45.6. The van der Waals surface area contributed by atoms with Gasteiger partial charge in [-0.15, -0.1) is 0 Å². The number of nitrogens with zero attached hydrogens (tertiary/aromatic N) is 7. The molecule has 1 atom stereocenters. The van der Waals surface area contributed by atoms with Crippen LogP contribution in [0.15, 0.2) is 59.9 Å². The lowest BCUT2D eigenvalue weighted by Gasteiger charge is -2.60. The van der Waals surface area contributed by atoms with E-state index in [1.54, 1.807) is 24.0 Å². The summed E-state index contributed by atoms with van der Waals surface area (Å²) in [5.74, 6) is -0.627. The van der Waals surface area contributed by atoms with Crippen molar-refractivity contribution in [3.8, 4) is 17.7 Å². The van der Waals surface area contributed by atoms with Crippen molar-refractivity contribution in [2.45, 2.75) is 17.5 Å². The lowest BCUT2D eigenvalue weighted by atomic mass is 9.73. The highest BCUT2D eigenvalue weighted by Crippen LogP contribution is 2.49. The number of ether oxygens (including phenoxy) is 3. The van der Waals surface area contributed by atoms with Crippen LogP contribution in [-0.2, 0) is 25.1 Å². The third-order valence-electron chi connectivity index (χ3n) is 9.75. The molecule has 6 heterocycles. The van der Waals surface area contributed by atoms with Gasteiger partial charge in [0.15, 0.2) is 10.6 Å². The van der Waals surface area contributed by atoms with Crippen LogP contribution in [0.1, 0.15) is 23.6 Å². The monoisotopic (exact) mass is 702 g/mol. The second-order valence-corrected chi connectivity index (χ2v) is 14.7. The number of anilines is 1. The number of hydrogen-bond acceptors (Lipinski definition) is 12. The average Bonchev–Trinajstić information content (AvgIpc) is 3.35. The zero-order chi connectivity index (χ0) is 35.1. The third kappa shape index (κ3) is 5.69. The van der Waals surface area contributed by atoms with E-state index in [0.29, 0.717) is 23.1 Å². The predicted molar refractivity (Wildman–Crippen MR) is 179 cm³/mol. The topological polar surface area (TPSA) is 171 Å². The molecule has 1 spiro atoms. The number of nitriles is 1. The van der Waals surface area contributed by atoms with Crippen LogP contribution in [0, 0.1) is 16.7 Å². The van der Waals surface area contributed by atoms with Gasteiger partial charge in [-0.1, -0.05) is 0 Å². The quantitative estimate of drug-likeness (QED) is 0.323. The molecule has 4 aliphatic heterocycles. The highest BCUT2D eigenvalue weighted by atomic mass is 32.2. The Morgan fingerprint density at radius 3 is 2.48 bits per heavy atom. The van der Waals surface area contributed by atoms with Gasteiger partial charge >= 0.3 is 6.03 Å². The number of amides is 3. The molecule has 4 aliphatic rings. The number of pyridine rings is 2. The summed E-state index contributed by atoms with van der Waals surface area (Å²) in [6.07, 6.45) is 2.72. The number of sulfonamides is 1. The van der Waals surface area contributed by atoms with Crippen molar-refractivity contribution in [3.05, 3.63) is 71.5 Å². The molecule has 3 saturated heterocycles. The standard InChI is InChI=1S/C34H38N8O7S/c1-3-49-30-26(5-4-10-36-30)34(38-32(44)41-22-33(23-41)20-40(21-33)12-11-39-13-15-48-16-14-39)27-17-24(18-35)6-8-28(27)42(31(34)43)50(45,46)29-9-7-25(47-2)19-37-29/h4-10,17,19H,3,11-16,20-23H2,1-2H3,(H,38,44)/t34-/m1/s1. The van der Waals surface area contributed by atoms with Gasteiger partial charge in [-0.2, -0.15) is 18.0 Å². The number of morpholine rings is 1. The molecule has 1 N–H and O–H groups in total. The minimum absolute atomic E-state index is 0.0341.